The monoisotopic (exact) mass is 487 g/mol. The summed E-state index contributed by atoms with van der Waals surface area (Å²) in [6, 6.07) is 20.5. The first-order valence-corrected chi connectivity index (χ1v) is 12.5. The van der Waals surface area contributed by atoms with Crippen molar-refractivity contribution in [3.05, 3.63) is 83.4 Å². The molecule has 1 saturated heterocycles. The van der Waals surface area contributed by atoms with Crippen LogP contribution in [0.5, 0.6) is 23.0 Å². The van der Waals surface area contributed by atoms with Crippen LogP contribution in [0.3, 0.4) is 0 Å². The number of ether oxygens (including phenoxy) is 2. The van der Waals surface area contributed by atoms with Crippen molar-refractivity contribution in [2.75, 3.05) is 26.3 Å². The Labute approximate surface area is 212 Å². The van der Waals surface area contributed by atoms with E-state index in [2.05, 4.69) is 11.8 Å². The van der Waals surface area contributed by atoms with Crippen molar-refractivity contribution in [1.29, 1.82) is 0 Å². The van der Waals surface area contributed by atoms with Crippen molar-refractivity contribution in [2.24, 2.45) is 5.92 Å². The van der Waals surface area contributed by atoms with Gasteiger partial charge in [0.15, 0.2) is 0 Å². The molecule has 0 aromatic heterocycles. The fourth-order valence-electron chi connectivity index (χ4n) is 5.19. The maximum Gasteiger partial charge on any atom is 0.150 e. The number of aliphatic hydroxyl groups excluding tert-OH is 1. The number of allylic oxidation sites excluding steroid dienone is 1. The number of phenols is 2. The van der Waals surface area contributed by atoms with Gasteiger partial charge in [0, 0.05) is 30.3 Å². The van der Waals surface area contributed by atoms with Gasteiger partial charge >= 0.3 is 0 Å². The van der Waals surface area contributed by atoms with Gasteiger partial charge in [-0.25, -0.2) is 0 Å². The number of hydrogen-bond acceptors (Lipinski definition) is 6. The lowest BCUT2D eigenvalue weighted by molar-refractivity contribution is 0.158. The van der Waals surface area contributed by atoms with Crippen molar-refractivity contribution < 1.29 is 24.8 Å². The van der Waals surface area contributed by atoms with Crippen molar-refractivity contribution in [3.63, 3.8) is 0 Å². The molecule has 3 aromatic rings. The molecule has 0 aliphatic carbocycles. The average molecular weight is 488 g/mol. The number of benzene rings is 3. The molecule has 0 radical (unpaired) electrons. The van der Waals surface area contributed by atoms with E-state index < -0.39 is 0 Å². The van der Waals surface area contributed by atoms with Crippen molar-refractivity contribution in [2.45, 2.75) is 32.4 Å². The molecule has 1 fully saturated rings. The van der Waals surface area contributed by atoms with Crippen LogP contribution in [0.2, 0.25) is 0 Å². The summed E-state index contributed by atoms with van der Waals surface area (Å²) in [7, 11) is 0. The van der Waals surface area contributed by atoms with Crippen LogP contribution in [0.25, 0.3) is 11.1 Å². The topological polar surface area (TPSA) is 82.4 Å². The van der Waals surface area contributed by atoms with Crippen LogP contribution < -0.4 is 9.47 Å². The van der Waals surface area contributed by atoms with Gasteiger partial charge in [0.25, 0.3) is 0 Å². The average Bonchev–Trinajstić information content (AvgIpc) is 3.37. The smallest absolute Gasteiger partial charge is 0.150 e. The summed E-state index contributed by atoms with van der Waals surface area (Å²) in [4.78, 5) is 2.37. The van der Waals surface area contributed by atoms with Crippen LogP contribution in [0.1, 0.15) is 43.1 Å². The number of likely N-dealkylation sites (tertiary alicyclic amines) is 1. The molecule has 6 heteroatoms. The lowest BCUT2D eigenvalue weighted by Gasteiger charge is -2.31. The second kappa shape index (κ2) is 10.2. The van der Waals surface area contributed by atoms with Crippen LogP contribution in [0.15, 0.2) is 66.7 Å². The Bertz CT molecular complexity index is 1250. The van der Waals surface area contributed by atoms with Gasteiger partial charge in [-0.05, 0) is 91.9 Å². The highest BCUT2D eigenvalue weighted by molar-refractivity contribution is 5.95. The van der Waals surface area contributed by atoms with Crippen molar-refractivity contribution in [3.8, 4) is 23.0 Å². The first kappa shape index (κ1) is 24.2. The minimum atomic E-state index is -0.378. The van der Waals surface area contributed by atoms with E-state index in [0.29, 0.717) is 18.3 Å². The third kappa shape index (κ3) is 4.92. The molecular weight excluding hydrogens is 454 g/mol. The molecular formula is C30H33NO5. The van der Waals surface area contributed by atoms with E-state index in [9.17, 15) is 15.3 Å². The molecule has 0 bridgehead atoms. The van der Waals surface area contributed by atoms with E-state index in [1.807, 2.05) is 43.3 Å². The highest BCUT2D eigenvalue weighted by atomic mass is 16.5. The lowest BCUT2D eigenvalue weighted by atomic mass is 9.86. The van der Waals surface area contributed by atoms with E-state index in [0.717, 1.165) is 53.1 Å². The van der Waals surface area contributed by atoms with Crippen LogP contribution in [0, 0.1) is 5.92 Å². The number of rotatable bonds is 7. The number of hydrogen-bond donors (Lipinski definition) is 3. The Balaban J connectivity index is 1.38. The molecule has 0 amide bonds. The fourth-order valence-corrected chi connectivity index (χ4v) is 5.19. The second-order valence-electron chi connectivity index (χ2n) is 9.83. The van der Waals surface area contributed by atoms with Gasteiger partial charge in [-0.1, -0.05) is 24.3 Å². The highest BCUT2D eigenvalue weighted by Crippen LogP contribution is 2.47. The molecule has 3 aromatic carbocycles. The minimum Gasteiger partial charge on any atom is -0.508 e. The fraction of sp³-hybridized carbons (Fsp3) is 0.333. The number of nitrogens with zero attached hydrogens (tertiary/aromatic N) is 1. The van der Waals surface area contributed by atoms with Gasteiger partial charge in [-0.2, -0.15) is 0 Å². The maximum atomic E-state index is 10.1. The summed E-state index contributed by atoms with van der Waals surface area (Å²) in [6.45, 7) is 6.93. The zero-order chi connectivity index (χ0) is 25.2. The maximum absolute atomic E-state index is 10.1. The molecule has 3 atom stereocenters. The highest BCUT2D eigenvalue weighted by Gasteiger charge is 2.30. The summed E-state index contributed by atoms with van der Waals surface area (Å²) >= 11 is 0. The molecule has 2 aliphatic heterocycles. The molecule has 2 aliphatic rings. The molecule has 6 nitrogen and oxygen atoms in total. The molecule has 36 heavy (non-hydrogen) atoms. The summed E-state index contributed by atoms with van der Waals surface area (Å²) in [5, 5.41) is 29.6. The summed E-state index contributed by atoms with van der Waals surface area (Å²) in [5.41, 5.74) is 4.61. The number of aliphatic hydroxyl groups is 1. The number of fused-ring (bicyclic) bond motifs is 1. The zero-order valence-electron chi connectivity index (χ0n) is 20.7. The SMILES string of the molecule is CC1=C(c2cccc(O)c2)C(c2ccc(OC[C@H](C)N3CC[C@@H](CO)C3)cc2)Oc2ccc(O)cc21. The molecule has 3 N–H and O–H groups in total. The van der Waals surface area contributed by atoms with Crippen LogP contribution in [-0.4, -0.2) is 52.6 Å². The molecule has 2 heterocycles. The largest absolute Gasteiger partial charge is 0.508 e. The van der Waals surface area contributed by atoms with Crippen LogP contribution >= 0.6 is 0 Å². The van der Waals surface area contributed by atoms with Gasteiger partial charge in [0.2, 0.25) is 0 Å². The predicted molar refractivity (Wildman–Crippen MR) is 140 cm³/mol. The summed E-state index contributed by atoms with van der Waals surface area (Å²) < 4.78 is 12.5. The van der Waals surface area contributed by atoms with E-state index in [1.165, 1.54) is 0 Å². The van der Waals surface area contributed by atoms with Gasteiger partial charge in [-0.15, -0.1) is 0 Å². The van der Waals surface area contributed by atoms with Crippen LogP contribution in [-0.2, 0) is 0 Å². The first-order valence-electron chi connectivity index (χ1n) is 12.5. The van der Waals surface area contributed by atoms with E-state index >= 15 is 0 Å². The van der Waals surface area contributed by atoms with E-state index in [-0.39, 0.29) is 30.3 Å². The van der Waals surface area contributed by atoms with Gasteiger partial charge in [-0.3, -0.25) is 4.90 Å². The van der Waals surface area contributed by atoms with E-state index in [4.69, 9.17) is 9.47 Å². The lowest BCUT2D eigenvalue weighted by Crippen LogP contribution is -2.35. The Hall–Kier alpha value is -3.48. The number of phenolic OH excluding ortho intramolecular Hbond substituents is 2. The first-order chi connectivity index (χ1) is 17.4. The van der Waals surface area contributed by atoms with Crippen molar-refractivity contribution >= 4 is 11.1 Å². The van der Waals surface area contributed by atoms with Crippen molar-refractivity contribution in [1.82, 2.24) is 4.90 Å². The summed E-state index contributed by atoms with van der Waals surface area (Å²) in [6.07, 6.45) is 0.658. The summed E-state index contributed by atoms with van der Waals surface area (Å²) in [5.74, 6) is 2.24. The standard InChI is InChI=1S/C30H33NO5/c1-19(31-13-12-21(16-31)17-32)18-35-26-9-6-22(7-10-26)30-29(23-4-3-5-24(33)14-23)20(2)27-15-25(34)8-11-28(27)36-30/h3-11,14-15,19,21,30,32-34H,12-13,16-18H2,1-2H3/t19-,21+,30?/m0/s1. The molecule has 188 valence electrons. The quantitative estimate of drug-likeness (QED) is 0.423. The molecule has 0 saturated carbocycles. The number of aromatic hydroxyl groups is 2. The normalized spacial score (nSPS) is 20.6. The zero-order valence-corrected chi connectivity index (χ0v) is 20.7. The Morgan fingerprint density at radius 1 is 1.03 bits per heavy atom. The Kier molecular flexibility index (Phi) is 6.90. The third-order valence-corrected chi connectivity index (χ3v) is 7.31. The Morgan fingerprint density at radius 2 is 1.81 bits per heavy atom. The second-order valence-corrected chi connectivity index (χ2v) is 9.83. The minimum absolute atomic E-state index is 0.182. The van der Waals surface area contributed by atoms with Gasteiger partial charge in [0.1, 0.15) is 35.7 Å². The van der Waals surface area contributed by atoms with Gasteiger partial charge in [0.05, 0.1) is 0 Å². The van der Waals surface area contributed by atoms with Gasteiger partial charge < -0.3 is 24.8 Å². The third-order valence-electron chi connectivity index (χ3n) is 7.31. The van der Waals surface area contributed by atoms with Crippen LogP contribution in [0.4, 0.5) is 0 Å². The molecule has 0 spiro atoms. The Morgan fingerprint density at radius 3 is 2.53 bits per heavy atom. The molecule has 1 unspecified atom stereocenters. The molecule has 5 rings (SSSR count). The van der Waals surface area contributed by atoms with E-state index in [1.54, 1.807) is 30.3 Å². The predicted octanol–water partition coefficient (Wildman–Crippen LogP) is 5.24.